The molecule has 90 valence electrons. The van der Waals surface area contributed by atoms with Crippen molar-refractivity contribution in [2.24, 2.45) is 0 Å². The molecule has 0 aliphatic carbocycles. The molecule has 0 amide bonds. The molecule has 1 atom stereocenters. The molecule has 0 saturated heterocycles. The third-order valence-corrected chi connectivity index (χ3v) is 4.07. The van der Waals surface area contributed by atoms with Gasteiger partial charge in [-0.15, -0.1) is 11.3 Å². The van der Waals surface area contributed by atoms with Crippen LogP contribution in [0.25, 0.3) is 0 Å². The minimum atomic E-state index is 0.469. The number of hydrogen-bond donors (Lipinski definition) is 1. The summed E-state index contributed by atoms with van der Waals surface area (Å²) in [6.07, 6.45) is 4.04. The Morgan fingerprint density at radius 3 is 2.65 bits per heavy atom. The highest BCUT2D eigenvalue weighted by molar-refractivity contribution is 9.10. The molecule has 2 aromatic rings. The van der Waals surface area contributed by atoms with Crippen molar-refractivity contribution >= 4 is 27.3 Å². The third-order valence-electron chi connectivity index (χ3n) is 2.73. The number of likely N-dealkylation sites (N-methyl/N-ethyl adjacent to an activating group) is 1. The molecule has 1 aromatic carbocycles. The Balaban J connectivity index is 1.97. The SMILES string of the molecule is CNC(Cc1ccc(Br)cc1)Cc1cncs1. The van der Waals surface area contributed by atoms with Gasteiger partial charge in [-0.05, 0) is 37.6 Å². The van der Waals surface area contributed by atoms with E-state index in [0.29, 0.717) is 6.04 Å². The van der Waals surface area contributed by atoms with Crippen LogP contribution in [0.1, 0.15) is 10.4 Å². The van der Waals surface area contributed by atoms with Gasteiger partial charge in [0.1, 0.15) is 0 Å². The fraction of sp³-hybridized carbons (Fsp3) is 0.308. The van der Waals surface area contributed by atoms with E-state index in [2.05, 4.69) is 50.5 Å². The van der Waals surface area contributed by atoms with Crippen molar-refractivity contribution in [3.05, 3.63) is 50.9 Å². The minimum Gasteiger partial charge on any atom is -0.316 e. The van der Waals surface area contributed by atoms with E-state index < -0.39 is 0 Å². The van der Waals surface area contributed by atoms with Gasteiger partial charge in [-0.3, -0.25) is 4.98 Å². The van der Waals surface area contributed by atoms with Gasteiger partial charge in [0.05, 0.1) is 5.51 Å². The molecule has 0 aliphatic rings. The minimum absolute atomic E-state index is 0.469. The van der Waals surface area contributed by atoms with Crippen molar-refractivity contribution in [2.75, 3.05) is 7.05 Å². The lowest BCUT2D eigenvalue weighted by atomic mass is 10.0. The van der Waals surface area contributed by atoms with Crippen LogP contribution in [0.4, 0.5) is 0 Å². The molecular weight excluding hydrogens is 296 g/mol. The maximum atomic E-state index is 4.11. The van der Waals surface area contributed by atoms with Crippen LogP contribution in [-0.4, -0.2) is 18.1 Å². The van der Waals surface area contributed by atoms with Crippen LogP contribution < -0.4 is 5.32 Å². The van der Waals surface area contributed by atoms with Crippen molar-refractivity contribution in [1.29, 1.82) is 0 Å². The molecule has 17 heavy (non-hydrogen) atoms. The fourth-order valence-electron chi connectivity index (χ4n) is 1.77. The summed E-state index contributed by atoms with van der Waals surface area (Å²) >= 11 is 5.18. The quantitative estimate of drug-likeness (QED) is 0.916. The normalized spacial score (nSPS) is 12.6. The summed E-state index contributed by atoms with van der Waals surface area (Å²) < 4.78 is 1.13. The van der Waals surface area contributed by atoms with Gasteiger partial charge >= 0.3 is 0 Å². The van der Waals surface area contributed by atoms with Gasteiger partial charge in [0, 0.05) is 21.6 Å². The maximum absolute atomic E-state index is 4.11. The van der Waals surface area contributed by atoms with Gasteiger partial charge in [0.25, 0.3) is 0 Å². The summed E-state index contributed by atoms with van der Waals surface area (Å²) in [6, 6.07) is 8.99. The maximum Gasteiger partial charge on any atom is 0.0794 e. The van der Waals surface area contributed by atoms with Crippen molar-refractivity contribution in [2.45, 2.75) is 18.9 Å². The highest BCUT2D eigenvalue weighted by Crippen LogP contribution is 2.14. The van der Waals surface area contributed by atoms with Gasteiger partial charge in [-0.2, -0.15) is 0 Å². The van der Waals surface area contributed by atoms with E-state index in [1.54, 1.807) is 11.3 Å². The summed E-state index contributed by atoms with van der Waals surface area (Å²) in [6.45, 7) is 0. The predicted octanol–water partition coefficient (Wildman–Crippen LogP) is 3.28. The van der Waals surface area contributed by atoms with E-state index in [-0.39, 0.29) is 0 Å². The first-order chi connectivity index (χ1) is 8.28. The van der Waals surface area contributed by atoms with E-state index in [9.17, 15) is 0 Å². The van der Waals surface area contributed by atoms with Crippen molar-refractivity contribution in [3.8, 4) is 0 Å². The number of benzene rings is 1. The predicted molar refractivity (Wildman–Crippen MR) is 76.5 cm³/mol. The van der Waals surface area contributed by atoms with Crippen LogP contribution in [0.2, 0.25) is 0 Å². The zero-order valence-corrected chi connectivity index (χ0v) is 12.1. The molecule has 1 N–H and O–H groups in total. The van der Waals surface area contributed by atoms with E-state index in [1.807, 2.05) is 18.8 Å². The molecule has 1 unspecified atom stereocenters. The lowest BCUT2D eigenvalue weighted by Crippen LogP contribution is -2.29. The number of hydrogen-bond acceptors (Lipinski definition) is 3. The number of rotatable bonds is 5. The summed E-state index contributed by atoms with van der Waals surface area (Å²) in [7, 11) is 2.02. The zero-order chi connectivity index (χ0) is 12.1. The third kappa shape index (κ3) is 3.91. The standard InChI is InChI=1S/C13H15BrN2S/c1-15-12(7-13-8-16-9-17-13)6-10-2-4-11(14)5-3-10/h2-5,8-9,12,15H,6-7H2,1H3. The molecular formula is C13H15BrN2S. The van der Waals surface area contributed by atoms with Gasteiger partial charge in [0.15, 0.2) is 0 Å². The Labute approximate surface area is 114 Å². The van der Waals surface area contributed by atoms with Gasteiger partial charge in [-0.25, -0.2) is 0 Å². The first kappa shape index (κ1) is 12.7. The van der Waals surface area contributed by atoms with Crippen LogP contribution in [0.15, 0.2) is 40.4 Å². The van der Waals surface area contributed by atoms with Crippen LogP contribution in [0, 0.1) is 0 Å². The number of nitrogens with zero attached hydrogens (tertiary/aromatic N) is 1. The summed E-state index contributed by atoms with van der Waals surface area (Å²) in [5.41, 5.74) is 3.25. The number of thiazole rings is 1. The fourth-order valence-corrected chi connectivity index (χ4v) is 2.71. The molecule has 4 heteroatoms. The molecule has 0 fully saturated rings. The number of halogens is 1. The Morgan fingerprint density at radius 1 is 1.29 bits per heavy atom. The molecule has 1 heterocycles. The molecule has 0 radical (unpaired) electrons. The molecule has 2 nitrogen and oxygen atoms in total. The summed E-state index contributed by atoms with van der Waals surface area (Å²) in [4.78, 5) is 5.45. The van der Waals surface area contributed by atoms with Crippen LogP contribution in [0.5, 0.6) is 0 Å². The van der Waals surface area contributed by atoms with Gasteiger partial charge in [0.2, 0.25) is 0 Å². The molecule has 0 saturated carbocycles. The van der Waals surface area contributed by atoms with Gasteiger partial charge < -0.3 is 5.32 Å². The topological polar surface area (TPSA) is 24.9 Å². The second-order valence-electron chi connectivity index (χ2n) is 3.99. The van der Waals surface area contributed by atoms with Crippen LogP contribution in [-0.2, 0) is 12.8 Å². The average Bonchev–Trinajstić information content (AvgIpc) is 2.84. The second kappa shape index (κ2) is 6.28. The monoisotopic (exact) mass is 310 g/mol. The Hall–Kier alpha value is -0.710. The lowest BCUT2D eigenvalue weighted by molar-refractivity contribution is 0.560. The lowest BCUT2D eigenvalue weighted by Gasteiger charge is -2.15. The highest BCUT2D eigenvalue weighted by Gasteiger charge is 2.09. The molecule has 0 bridgehead atoms. The van der Waals surface area contributed by atoms with Crippen molar-refractivity contribution in [1.82, 2.24) is 10.3 Å². The molecule has 1 aromatic heterocycles. The van der Waals surface area contributed by atoms with E-state index in [1.165, 1.54) is 10.4 Å². The summed E-state index contributed by atoms with van der Waals surface area (Å²) in [5.74, 6) is 0. The van der Waals surface area contributed by atoms with E-state index >= 15 is 0 Å². The first-order valence-electron chi connectivity index (χ1n) is 5.57. The first-order valence-corrected chi connectivity index (χ1v) is 7.24. The average molecular weight is 311 g/mol. The Kier molecular flexibility index (Phi) is 4.71. The number of nitrogens with one attached hydrogen (secondary N) is 1. The smallest absolute Gasteiger partial charge is 0.0794 e. The zero-order valence-electron chi connectivity index (χ0n) is 9.69. The summed E-state index contributed by atoms with van der Waals surface area (Å²) in [5, 5.41) is 3.37. The van der Waals surface area contributed by atoms with Crippen molar-refractivity contribution < 1.29 is 0 Å². The molecule has 0 aliphatic heterocycles. The van der Waals surface area contributed by atoms with E-state index in [4.69, 9.17) is 0 Å². The molecule has 0 spiro atoms. The number of aromatic nitrogens is 1. The molecule has 2 rings (SSSR count). The van der Waals surface area contributed by atoms with Crippen molar-refractivity contribution in [3.63, 3.8) is 0 Å². The Bertz CT molecular complexity index is 439. The largest absolute Gasteiger partial charge is 0.316 e. The second-order valence-corrected chi connectivity index (χ2v) is 5.87. The van der Waals surface area contributed by atoms with Crippen LogP contribution in [0.3, 0.4) is 0 Å². The highest BCUT2D eigenvalue weighted by atomic mass is 79.9. The van der Waals surface area contributed by atoms with Gasteiger partial charge in [-0.1, -0.05) is 28.1 Å². The Morgan fingerprint density at radius 2 is 2.06 bits per heavy atom. The van der Waals surface area contributed by atoms with E-state index in [0.717, 1.165) is 17.3 Å². The van der Waals surface area contributed by atoms with Crippen LogP contribution >= 0.6 is 27.3 Å².